The number of carbonyl (C=O) groups is 2. The summed E-state index contributed by atoms with van der Waals surface area (Å²) in [6, 6.07) is 13.2. The number of fused-ring (bicyclic) bond motifs is 1. The summed E-state index contributed by atoms with van der Waals surface area (Å²) >= 11 is 1.31. The van der Waals surface area contributed by atoms with Gasteiger partial charge in [0.05, 0.1) is 4.70 Å². The molecule has 1 aliphatic rings. The molecule has 1 aliphatic heterocycles. The molecule has 7 heteroatoms. The lowest BCUT2D eigenvalue weighted by atomic mass is 10.1. The summed E-state index contributed by atoms with van der Waals surface area (Å²) in [7, 11) is 0. The Labute approximate surface area is 180 Å². The van der Waals surface area contributed by atoms with Crippen molar-refractivity contribution in [2.75, 3.05) is 38.0 Å². The van der Waals surface area contributed by atoms with Crippen LogP contribution in [-0.4, -0.2) is 58.7 Å². The van der Waals surface area contributed by atoms with E-state index in [1.807, 2.05) is 48.2 Å². The molecule has 1 aromatic heterocycles. The summed E-state index contributed by atoms with van der Waals surface area (Å²) < 4.78 is 5.30. The van der Waals surface area contributed by atoms with E-state index in [4.69, 9.17) is 0 Å². The van der Waals surface area contributed by atoms with E-state index in [9.17, 15) is 9.59 Å². The van der Waals surface area contributed by atoms with Gasteiger partial charge in [0.2, 0.25) is 0 Å². The van der Waals surface area contributed by atoms with Crippen molar-refractivity contribution in [3.8, 4) is 0 Å². The first-order valence-electron chi connectivity index (χ1n) is 10.3. The summed E-state index contributed by atoms with van der Waals surface area (Å²) in [6.45, 7) is 8.46. The molecule has 30 heavy (non-hydrogen) atoms. The second-order valence-electron chi connectivity index (χ2n) is 7.65. The van der Waals surface area contributed by atoms with E-state index in [0.717, 1.165) is 54.8 Å². The van der Waals surface area contributed by atoms with E-state index in [2.05, 4.69) is 21.5 Å². The molecular formula is C23H26N4O2S. The molecule has 4 rings (SSSR count). The molecule has 0 atom stereocenters. The Bertz CT molecular complexity index is 1070. The molecular weight excluding hydrogens is 396 g/mol. The minimum atomic E-state index is -0.256. The SMILES string of the molecule is CCCN1CCN(C(=O)c2ccc(C)c(NC(=O)c3nsc4ccccc34)c2)CC1. The van der Waals surface area contributed by atoms with Crippen molar-refractivity contribution < 1.29 is 9.59 Å². The van der Waals surface area contributed by atoms with Crippen molar-refractivity contribution >= 4 is 39.1 Å². The molecule has 0 unspecified atom stereocenters. The molecule has 0 bridgehead atoms. The minimum Gasteiger partial charge on any atom is -0.336 e. The number of hydrogen-bond acceptors (Lipinski definition) is 5. The molecule has 0 spiro atoms. The van der Waals surface area contributed by atoms with Crippen LogP contribution in [0.1, 0.15) is 39.8 Å². The maximum absolute atomic E-state index is 13.0. The quantitative estimate of drug-likeness (QED) is 0.674. The van der Waals surface area contributed by atoms with Gasteiger partial charge in [0, 0.05) is 42.8 Å². The molecule has 2 heterocycles. The van der Waals surface area contributed by atoms with Gasteiger partial charge in [-0.15, -0.1) is 0 Å². The molecule has 2 amide bonds. The number of aromatic nitrogens is 1. The van der Waals surface area contributed by atoms with E-state index < -0.39 is 0 Å². The first kappa shape index (κ1) is 20.5. The Hall–Kier alpha value is -2.77. The summed E-state index contributed by atoms with van der Waals surface area (Å²) in [5.74, 6) is -0.242. The smallest absolute Gasteiger partial charge is 0.276 e. The average molecular weight is 423 g/mol. The Morgan fingerprint density at radius 3 is 2.63 bits per heavy atom. The highest BCUT2D eigenvalue weighted by molar-refractivity contribution is 7.13. The van der Waals surface area contributed by atoms with Crippen molar-refractivity contribution in [3.63, 3.8) is 0 Å². The second kappa shape index (κ2) is 8.93. The number of carbonyl (C=O) groups excluding carboxylic acids is 2. The Balaban J connectivity index is 1.49. The van der Waals surface area contributed by atoms with Crippen molar-refractivity contribution in [2.45, 2.75) is 20.3 Å². The van der Waals surface area contributed by atoms with Gasteiger partial charge in [0.1, 0.15) is 5.69 Å². The van der Waals surface area contributed by atoms with Crippen molar-refractivity contribution in [1.82, 2.24) is 14.2 Å². The predicted molar refractivity (Wildman–Crippen MR) is 121 cm³/mol. The zero-order valence-electron chi connectivity index (χ0n) is 17.4. The lowest BCUT2D eigenvalue weighted by Crippen LogP contribution is -2.48. The van der Waals surface area contributed by atoms with Crippen LogP contribution in [0, 0.1) is 6.92 Å². The molecule has 1 fully saturated rings. The highest BCUT2D eigenvalue weighted by atomic mass is 32.1. The number of nitrogens with one attached hydrogen (secondary N) is 1. The number of aryl methyl sites for hydroxylation is 1. The van der Waals surface area contributed by atoms with E-state index in [0.29, 0.717) is 16.9 Å². The van der Waals surface area contributed by atoms with Crippen LogP contribution >= 0.6 is 11.5 Å². The minimum absolute atomic E-state index is 0.0146. The van der Waals surface area contributed by atoms with Crippen LogP contribution in [0.2, 0.25) is 0 Å². The molecule has 2 aromatic carbocycles. The van der Waals surface area contributed by atoms with Crippen LogP contribution < -0.4 is 5.32 Å². The number of benzene rings is 2. The van der Waals surface area contributed by atoms with Gasteiger partial charge in [-0.25, -0.2) is 0 Å². The fourth-order valence-electron chi connectivity index (χ4n) is 3.79. The lowest BCUT2D eigenvalue weighted by Gasteiger charge is -2.34. The van der Waals surface area contributed by atoms with Gasteiger partial charge in [0.25, 0.3) is 11.8 Å². The van der Waals surface area contributed by atoms with Gasteiger partial charge in [-0.1, -0.05) is 31.2 Å². The van der Waals surface area contributed by atoms with Gasteiger partial charge in [0.15, 0.2) is 0 Å². The third kappa shape index (κ3) is 4.22. The zero-order chi connectivity index (χ0) is 21.1. The molecule has 156 valence electrons. The van der Waals surface area contributed by atoms with Gasteiger partial charge >= 0.3 is 0 Å². The Morgan fingerprint density at radius 2 is 1.87 bits per heavy atom. The van der Waals surface area contributed by atoms with Crippen LogP contribution in [0.5, 0.6) is 0 Å². The van der Waals surface area contributed by atoms with Crippen molar-refractivity contribution in [1.29, 1.82) is 0 Å². The number of hydrogen-bond donors (Lipinski definition) is 1. The fraction of sp³-hybridized carbons (Fsp3) is 0.348. The van der Waals surface area contributed by atoms with Gasteiger partial charge in [-0.05, 0) is 55.2 Å². The number of anilines is 1. The van der Waals surface area contributed by atoms with E-state index in [1.54, 1.807) is 6.07 Å². The van der Waals surface area contributed by atoms with Crippen molar-refractivity contribution in [2.24, 2.45) is 0 Å². The molecule has 0 saturated carbocycles. The summed E-state index contributed by atoms with van der Waals surface area (Å²) in [5.41, 5.74) is 2.57. The summed E-state index contributed by atoms with van der Waals surface area (Å²) in [5, 5.41) is 3.80. The lowest BCUT2D eigenvalue weighted by molar-refractivity contribution is 0.0637. The summed E-state index contributed by atoms with van der Waals surface area (Å²) in [6.07, 6.45) is 1.13. The number of rotatable bonds is 5. The van der Waals surface area contributed by atoms with Gasteiger partial charge in [-0.2, -0.15) is 4.37 Å². The van der Waals surface area contributed by atoms with Crippen LogP contribution in [0.15, 0.2) is 42.5 Å². The van der Waals surface area contributed by atoms with E-state index in [1.165, 1.54) is 11.5 Å². The van der Waals surface area contributed by atoms with E-state index in [-0.39, 0.29) is 11.8 Å². The van der Waals surface area contributed by atoms with Crippen LogP contribution in [0.25, 0.3) is 10.1 Å². The monoisotopic (exact) mass is 422 g/mol. The highest BCUT2D eigenvalue weighted by Gasteiger charge is 2.22. The molecule has 0 radical (unpaired) electrons. The number of amides is 2. The zero-order valence-corrected chi connectivity index (χ0v) is 18.2. The van der Waals surface area contributed by atoms with E-state index >= 15 is 0 Å². The highest BCUT2D eigenvalue weighted by Crippen LogP contribution is 2.24. The maximum Gasteiger partial charge on any atom is 0.276 e. The molecule has 3 aromatic rings. The van der Waals surface area contributed by atoms with Crippen molar-refractivity contribution in [3.05, 3.63) is 59.3 Å². The number of piperazine rings is 1. The van der Waals surface area contributed by atoms with Gasteiger partial charge < -0.3 is 10.2 Å². The standard InChI is InChI=1S/C23H26N4O2S/c1-3-10-26-11-13-27(14-12-26)23(29)17-9-8-16(2)19(15-17)24-22(28)21-18-6-4-5-7-20(18)30-25-21/h4-9,15H,3,10-14H2,1-2H3,(H,24,28). The third-order valence-electron chi connectivity index (χ3n) is 5.52. The Morgan fingerprint density at radius 1 is 1.10 bits per heavy atom. The molecule has 6 nitrogen and oxygen atoms in total. The predicted octanol–water partition coefficient (Wildman–Crippen LogP) is 4.02. The summed E-state index contributed by atoms with van der Waals surface area (Å²) in [4.78, 5) is 30.1. The average Bonchev–Trinajstić information content (AvgIpc) is 3.20. The number of nitrogens with zero attached hydrogens (tertiary/aromatic N) is 3. The fourth-order valence-corrected chi connectivity index (χ4v) is 4.57. The Kier molecular flexibility index (Phi) is 6.11. The third-order valence-corrected chi connectivity index (χ3v) is 6.35. The van der Waals surface area contributed by atoms with Gasteiger partial charge in [-0.3, -0.25) is 14.5 Å². The topological polar surface area (TPSA) is 65.5 Å². The van der Waals surface area contributed by atoms with Crippen LogP contribution in [-0.2, 0) is 0 Å². The first-order valence-corrected chi connectivity index (χ1v) is 11.1. The molecule has 1 saturated heterocycles. The first-order chi connectivity index (χ1) is 14.6. The normalized spacial score (nSPS) is 14.8. The van der Waals surface area contributed by atoms with Crippen LogP contribution in [0.4, 0.5) is 5.69 Å². The largest absolute Gasteiger partial charge is 0.336 e. The molecule has 0 aliphatic carbocycles. The second-order valence-corrected chi connectivity index (χ2v) is 8.45. The van der Waals surface area contributed by atoms with Crippen LogP contribution in [0.3, 0.4) is 0 Å². The maximum atomic E-state index is 13.0. The molecule has 1 N–H and O–H groups in total.